The summed E-state index contributed by atoms with van der Waals surface area (Å²) in [5, 5.41) is 19.3. The number of allylic oxidation sites excluding steroid dienone is 1. The van der Waals surface area contributed by atoms with Gasteiger partial charge in [-0.25, -0.2) is 5.48 Å². The maximum atomic E-state index is 12.2. The van der Waals surface area contributed by atoms with E-state index in [9.17, 15) is 9.59 Å². The minimum absolute atomic E-state index is 0.0676. The standard InChI is InChI=1S/C19H20N4O3/c1-12(13-7-9-15(10-8-13)18(24)23-26)22-19(25)17(21)11-16(20)14-5-3-2-4-6-14/h2-12,20,26H,21H2,1H3,(H,22,25)(H,23,24)/b17-11-,20-16?. The van der Waals surface area contributed by atoms with E-state index in [0.717, 1.165) is 5.56 Å². The van der Waals surface area contributed by atoms with Gasteiger partial charge in [0.1, 0.15) is 0 Å². The molecule has 0 spiro atoms. The Kier molecular flexibility index (Phi) is 6.24. The Morgan fingerprint density at radius 2 is 1.69 bits per heavy atom. The first-order valence-corrected chi connectivity index (χ1v) is 7.88. The number of nitrogens with one attached hydrogen (secondary N) is 3. The molecule has 0 radical (unpaired) electrons. The number of amides is 2. The Morgan fingerprint density at radius 3 is 2.27 bits per heavy atom. The van der Waals surface area contributed by atoms with Crippen LogP contribution in [0, 0.1) is 5.41 Å². The third-order valence-electron chi connectivity index (χ3n) is 3.77. The first-order chi connectivity index (χ1) is 12.4. The predicted octanol–water partition coefficient (Wildman–Crippen LogP) is 1.89. The van der Waals surface area contributed by atoms with Gasteiger partial charge in [-0.05, 0) is 36.3 Å². The fourth-order valence-electron chi connectivity index (χ4n) is 2.27. The van der Waals surface area contributed by atoms with E-state index in [4.69, 9.17) is 16.4 Å². The fraction of sp³-hybridized carbons (Fsp3) is 0.105. The SMILES string of the molecule is CC(NC(=O)/C(N)=C/C(=N)c1ccccc1)c1ccc(C(=O)NO)cc1. The lowest BCUT2D eigenvalue weighted by molar-refractivity contribution is -0.118. The summed E-state index contributed by atoms with van der Waals surface area (Å²) in [7, 11) is 0. The van der Waals surface area contributed by atoms with Crippen LogP contribution in [0.5, 0.6) is 0 Å². The molecule has 0 aromatic heterocycles. The van der Waals surface area contributed by atoms with Gasteiger partial charge in [0.2, 0.25) is 0 Å². The van der Waals surface area contributed by atoms with E-state index >= 15 is 0 Å². The van der Waals surface area contributed by atoms with Gasteiger partial charge in [-0.1, -0.05) is 42.5 Å². The molecule has 2 amide bonds. The summed E-state index contributed by atoms with van der Waals surface area (Å²) >= 11 is 0. The molecule has 2 aromatic carbocycles. The van der Waals surface area contributed by atoms with Gasteiger partial charge in [0, 0.05) is 5.56 Å². The van der Waals surface area contributed by atoms with Crippen molar-refractivity contribution in [1.82, 2.24) is 10.8 Å². The number of carbonyl (C=O) groups is 2. The van der Waals surface area contributed by atoms with Crippen LogP contribution in [0.3, 0.4) is 0 Å². The Labute approximate surface area is 151 Å². The molecule has 7 nitrogen and oxygen atoms in total. The van der Waals surface area contributed by atoms with Gasteiger partial charge in [0.05, 0.1) is 17.5 Å². The number of carbonyl (C=O) groups excluding carboxylic acids is 2. The average molecular weight is 352 g/mol. The van der Waals surface area contributed by atoms with Crippen molar-refractivity contribution in [2.45, 2.75) is 13.0 Å². The van der Waals surface area contributed by atoms with Crippen LogP contribution in [-0.4, -0.2) is 22.7 Å². The maximum absolute atomic E-state index is 12.2. The number of rotatable bonds is 6. The number of hydrogen-bond acceptors (Lipinski definition) is 5. The molecule has 0 aliphatic rings. The fourth-order valence-corrected chi connectivity index (χ4v) is 2.27. The summed E-state index contributed by atoms with van der Waals surface area (Å²) in [6, 6.07) is 15.0. The van der Waals surface area contributed by atoms with Crippen LogP contribution < -0.4 is 16.5 Å². The van der Waals surface area contributed by atoms with E-state index in [0.29, 0.717) is 11.1 Å². The molecule has 7 heteroatoms. The van der Waals surface area contributed by atoms with Gasteiger partial charge in [0.25, 0.3) is 11.8 Å². The summed E-state index contributed by atoms with van der Waals surface area (Å²) in [6.45, 7) is 1.77. The van der Waals surface area contributed by atoms with Crippen LogP contribution in [0.4, 0.5) is 0 Å². The minimum Gasteiger partial charge on any atom is -0.394 e. The van der Waals surface area contributed by atoms with Gasteiger partial charge in [-0.15, -0.1) is 0 Å². The third kappa shape index (κ3) is 4.78. The molecule has 2 aromatic rings. The Bertz CT molecular complexity index is 830. The number of nitrogens with two attached hydrogens (primary N) is 1. The highest BCUT2D eigenvalue weighted by Gasteiger charge is 2.13. The topological polar surface area (TPSA) is 128 Å². The van der Waals surface area contributed by atoms with Gasteiger partial charge < -0.3 is 16.5 Å². The molecule has 0 bridgehead atoms. The molecule has 6 N–H and O–H groups in total. The second kappa shape index (κ2) is 8.59. The highest BCUT2D eigenvalue weighted by atomic mass is 16.5. The van der Waals surface area contributed by atoms with Crippen molar-refractivity contribution >= 4 is 17.5 Å². The summed E-state index contributed by atoms with van der Waals surface area (Å²) in [5.74, 6) is -1.10. The van der Waals surface area contributed by atoms with Crippen molar-refractivity contribution in [2.24, 2.45) is 5.73 Å². The minimum atomic E-state index is -0.611. The number of hydroxylamine groups is 1. The molecule has 134 valence electrons. The van der Waals surface area contributed by atoms with E-state index in [2.05, 4.69) is 5.32 Å². The number of benzene rings is 2. The quantitative estimate of drug-likeness (QED) is 0.235. The second-order valence-corrected chi connectivity index (χ2v) is 5.64. The Morgan fingerprint density at radius 1 is 1.08 bits per heavy atom. The van der Waals surface area contributed by atoms with Crippen LogP contribution in [-0.2, 0) is 4.79 Å². The van der Waals surface area contributed by atoms with Gasteiger partial charge in [-0.3, -0.25) is 14.8 Å². The zero-order valence-electron chi connectivity index (χ0n) is 14.2. The van der Waals surface area contributed by atoms with Crippen molar-refractivity contribution in [2.75, 3.05) is 0 Å². The number of hydrogen-bond donors (Lipinski definition) is 5. The van der Waals surface area contributed by atoms with Crippen molar-refractivity contribution in [3.05, 3.63) is 83.1 Å². The largest absolute Gasteiger partial charge is 0.394 e. The van der Waals surface area contributed by atoms with Crippen LogP contribution in [0.2, 0.25) is 0 Å². The molecular formula is C19H20N4O3. The van der Waals surface area contributed by atoms with Crippen molar-refractivity contribution in [3.8, 4) is 0 Å². The van der Waals surface area contributed by atoms with E-state index in [-0.39, 0.29) is 17.5 Å². The van der Waals surface area contributed by atoms with Crippen LogP contribution in [0.15, 0.2) is 66.4 Å². The normalized spacial score (nSPS) is 12.2. The van der Waals surface area contributed by atoms with E-state index in [1.165, 1.54) is 18.2 Å². The third-order valence-corrected chi connectivity index (χ3v) is 3.77. The molecule has 0 saturated carbocycles. The highest BCUT2D eigenvalue weighted by molar-refractivity contribution is 6.10. The zero-order chi connectivity index (χ0) is 19.1. The molecule has 26 heavy (non-hydrogen) atoms. The Balaban J connectivity index is 2.02. The first-order valence-electron chi connectivity index (χ1n) is 7.88. The lowest BCUT2D eigenvalue weighted by Crippen LogP contribution is -2.31. The van der Waals surface area contributed by atoms with Crippen molar-refractivity contribution in [1.29, 1.82) is 5.41 Å². The van der Waals surface area contributed by atoms with Gasteiger partial charge in [-0.2, -0.15) is 0 Å². The molecule has 0 heterocycles. The first kappa shape index (κ1) is 18.9. The smallest absolute Gasteiger partial charge is 0.274 e. The van der Waals surface area contributed by atoms with E-state index in [1.807, 2.05) is 6.07 Å². The van der Waals surface area contributed by atoms with Gasteiger partial charge >= 0.3 is 0 Å². The molecule has 2 rings (SSSR count). The lowest BCUT2D eigenvalue weighted by Gasteiger charge is -2.15. The monoisotopic (exact) mass is 352 g/mol. The summed E-state index contributed by atoms with van der Waals surface area (Å²) < 4.78 is 0. The van der Waals surface area contributed by atoms with Crippen molar-refractivity contribution < 1.29 is 14.8 Å². The van der Waals surface area contributed by atoms with E-state index in [1.54, 1.807) is 48.8 Å². The van der Waals surface area contributed by atoms with Crippen LogP contribution in [0.25, 0.3) is 0 Å². The average Bonchev–Trinajstić information content (AvgIpc) is 2.67. The highest BCUT2D eigenvalue weighted by Crippen LogP contribution is 2.14. The molecule has 0 saturated heterocycles. The van der Waals surface area contributed by atoms with Gasteiger partial charge in [0.15, 0.2) is 0 Å². The van der Waals surface area contributed by atoms with Crippen LogP contribution >= 0.6 is 0 Å². The molecule has 0 aliphatic heterocycles. The maximum Gasteiger partial charge on any atom is 0.274 e. The van der Waals surface area contributed by atoms with Crippen LogP contribution in [0.1, 0.15) is 34.5 Å². The molecule has 1 atom stereocenters. The summed E-state index contributed by atoms with van der Waals surface area (Å²) in [6.07, 6.45) is 1.31. The molecule has 0 fully saturated rings. The molecular weight excluding hydrogens is 332 g/mol. The predicted molar refractivity (Wildman–Crippen MR) is 97.8 cm³/mol. The zero-order valence-corrected chi connectivity index (χ0v) is 14.2. The lowest BCUT2D eigenvalue weighted by atomic mass is 10.1. The summed E-state index contributed by atoms with van der Waals surface area (Å²) in [5.41, 5.74) is 9.14. The summed E-state index contributed by atoms with van der Waals surface area (Å²) in [4.78, 5) is 23.5. The Hall–Kier alpha value is -3.45. The molecule has 1 unspecified atom stereocenters. The van der Waals surface area contributed by atoms with Crippen molar-refractivity contribution in [3.63, 3.8) is 0 Å². The van der Waals surface area contributed by atoms with E-state index < -0.39 is 11.8 Å². The second-order valence-electron chi connectivity index (χ2n) is 5.64. The molecule has 0 aliphatic carbocycles.